The van der Waals surface area contributed by atoms with Crippen LogP contribution in [0.1, 0.15) is 27.8 Å². The first kappa shape index (κ1) is 20.0. The van der Waals surface area contributed by atoms with E-state index in [4.69, 9.17) is 4.37 Å². The molecule has 5 rings (SSSR count). The zero-order valence-corrected chi connectivity index (χ0v) is 19.3. The Morgan fingerprint density at radius 3 is 2.73 bits per heavy atom. The van der Waals surface area contributed by atoms with Crippen molar-refractivity contribution >= 4 is 44.7 Å². The third-order valence-corrected chi connectivity index (χ3v) is 8.51. The van der Waals surface area contributed by atoms with E-state index in [-0.39, 0.29) is 5.91 Å². The first-order chi connectivity index (χ1) is 14.6. The summed E-state index contributed by atoms with van der Waals surface area (Å²) in [4.78, 5) is 21.6. The van der Waals surface area contributed by atoms with Crippen molar-refractivity contribution in [3.8, 4) is 0 Å². The third kappa shape index (κ3) is 3.74. The van der Waals surface area contributed by atoms with E-state index < -0.39 is 0 Å². The van der Waals surface area contributed by atoms with Gasteiger partial charge in [0.25, 0.3) is 0 Å². The average molecular weight is 441 g/mol. The Morgan fingerprint density at radius 2 is 1.93 bits per heavy atom. The molecule has 0 bridgehead atoms. The molecule has 0 unspecified atom stereocenters. The molecule has 0 spiro atoms. The minimum atomic E-state index is 0.194. The maximum atomic E-state index is 11.7. The number of anilines is 1. The summed E-state index contributed by atoms with van der Waals surface area (Å²) in [5, 5.41) is 1.29. The highest BCUT2D eigenvalue weighted by atomic mass is 32.1. The van der Waals surface area contributed by atoms with Crippen molar-refractivity contribution in [1.82, 2.24) is 14.2 Å². The standard InChI is InChI=1S/C23H28N4OS2/c1-16-18(19-8-10-27(17(2)28)15-22(19)29-16)7-9-25-11-13-26(14-12-25)23-20-5-3-4-6-21(20)30-24-23/h3-6H,7-15H2,1-2H3. The Bertz CT molecular complexity index is 1060. The molecule has 3 aromatic rings. The Morgan fingerprint density at radius 1 is 1.13 bits per heavy atom. The zero-order valence-electron chi connectivity index (χ0n) is 17.7. The first-order valence-electron chi connectivity index (χ1n) is 10.8. The molecule has 0 aliphatic carbocycles. The number of carbonyl (C=O) groups excluding carboxylic acids is 1. The second kappa shape index (κ2) is 8.29. The number of rotatable bonds is 4. The van der Waals surface area contributed by atoms with Crippen LogP contribution in [0.3, 0.4) is 0 Å². The lowest BCUT2D eigenvalue weighted by molar-refractivity contribution is -0.129. The largest absolute Gasteiger partial charge is 0.353 e. The van der Waals surface area contributed by atoms with Crippen LogP contribution in [0.15, 0.2) is 24.3 Å². The fourth-order valence-corrected chi connectivity index (χ4v) is 6.84. The molecule has 2 aromatic heterocycles. The van der Waals surface area contributed by atoms with E-state index in [1.54, 1.807) is 24.0 Å². The Hall–Kier alpha value is -1.96. The van der Waals surface area contributed by atoms with Crippen LogP contribution in [-0.4, -0.2) is 59.3 Å². The van der Waals surface area contributed by atoms with Gasteiger partial charge in [-0.2, -0.15) is 4.37 Å². The topological polar surface area (TPSA) is 39.7 Å². The second-order valence-electron chi connectivity index (χ2n) is 8.31. The van der Waals surface area contributed by atoms with E-state index in [0.717, 1.165) is 64.5 Å². The summed E-state index contributed by atoms with van der Waals surface area (Å²) >= 11 is 3.50. The molecule has 158 valence electrons. The summed E-state index contributed by atoms with van der Waals surface area (Å²) in [6, 6.07) is 8.55. The van der Waals surface area contributed by atoms with Gasteiger partial charge in [0.15, 0.2) is 0 Å². The molecule has 0 radical (unpaired) electrons. The van der Waals surface area contributed by atoms with Crippen molar-refractivity contribution in [2.75, 3.05) is 44.2 Å². The summed E-state index contributed by atoms with van der Waals surface area (Å²) in [6.07, 6.45) is 2.14. The molecule has 7 heteroatoms. The lowest BCUT2D eigenvalue weighted by Crippen LogP contribution is -2.47. The molecule has 0 saturated carbocycles. The maximum absolute atomic E-state index is 11.7. The lowest BCUT2D eigenvalue weighted by atomic mass is 9.99. The highest BCUT2D eigenvalue weighted by Crippen LogP contribution is 2.34. The molecule has 30 heavy (non-hydrogen) atoms. The van der Waals surface area contributed by atoms with Gasteiger partial charge in [0, 0.05) is 61.3 Å². The number of thiophene rings is 1. The van der Waals surface area contributed by atoms with Crippen molar-refractivity contribution < 1.29 is 4.79 Å². The molecule has 1 amide bonds. The number of benzene rings is 1. The Labute approximate surface area is 186 Å². The van der Waals surface area contributed by atoms with Gasteiger partial charge in [-0.3, -0.25) is 9.69 Å². The number of nitrogens with zero attached hydrogens (tertiary/aromatic N) is 4. The van der Waals surface area contributed by atoms with E-state index in [0.29, 0.717) is 0 Å². The summed E-state index contributed by atoms with van der Waals surface area (Å²) in [5.41, 5.74) is 3.08. The Kier molecular flexibility index (Phi) is 5.52. The average Bonchev–Trinajstić information content (AvgIpc) is 3.32. The van der Waals surface area contributed by atoms with Gasteiger partial charge in [-0.1, -0.05) is 12.1 Å². The molecular formula is C23H28N4OS2. The van der Waals surface area contributed by atoms with Crippen LogP contribution in [0.4, 0.5) is 5.82 Å². The molecule has 4 heterocycles. The SMILES string of the molecule is CC(=O)N1CCc2c(sc(C)c2CCN2CCN(c3nsc4ccccc34)CC2)C1. The first-order valence-corrected chi connectivity index (χ1v) is 12.4. The van der Waals surface area contributed by atoms with Crippen LogP contribution in [0, 0.1) is 6.92 Å². The van der Waals surface area contributed by atoms with Crippen LogP contribution in [0.25, 0.3) is 10.1 Å². The van der Waals surface area contributed by atoms with Crippen molar-refractivity contribution in [1.29, 1.82) is 0 Å². The van der Waals surface area contributed by atoms with E-state index >= 15 is 0 Å². The van der Waals surface area contributed by atoms with E-state index in [9.17, 15) is 4.79 Å². The van der Waals surface area contributed by atoms with Crippen LogP contribution in [0.5, 0.6) is 0 Å². The molecule has 2 aliphatic heterocycles. The maximum Gasteiger partial charge on any atom is 0.219 e. The van der Waals surface area contributed by atoms with Crippen LogP contribution >= 0.6 is 22.9 Å². The van der Waals surface area contributed by atoms with E-state index in [2.05, 4.69) is 41.0 Å². The molecule has 1 fully saturated rings. The highest BCUT2D eigenvalue weighted by Gasteiger charge is 2.25. The molecule has 1 aromatic carbocycles. The monoisotopic (exact) mass is 440 g/mol. The van der Waals surface area contributed by atoms with Gasteiger partial charge in [-0.15, -0.1) is 11.3 Å². The third-order valence-electron chi connectivity index (χ3n) is 6.52. The molecule has 0 atom stereocenters. The lowest BCUT2D eigenvalue weighted by Gasteiger charge is -2.35. The second-order valence-corrected chi connectivity index (χ2v) is 10.4. The number of fused-ring (bicyclic) bond motifs is 2. The number of hydrogen-bond donors (Lipinski definition) is 0. The van der Waals surface area contributed by atoms with Gasteiger partial charge in [0.05, 0.1) is 11.2 Å². The Balaban J connectivity index is 1.20. The fraction of sp³-hybridized carbons (Fsp3) is 0.478. The summed E-state index contributed by atoms with van der Waals surface area (Å²) in [6.45, 7) is 11.0. The van der Waals surface area contributed by atoms with Gasteiger partial charge >= 0.3 is 0 Å². The number of aromatic nitrogens is 1. The predicted molar refractivity (Wildman–Crippen MR) is 126 cm³/mol. The highest BCUT2D eigenvalue weighted by molar-refractivity contribution is 7.13. The number of hydrogen-bond acceptors (Lipinski definition) is 6. The summed E-state index contributed by atoms with van der Waals surface area (Å²) in [7, 11) is 0. The fourth-order valence-electron chi connectivity index (χ4n) is 4.76. The van der Waals surface area contributed by atoms with Crippen molar-refractivity contribution in [3.63, 3.8) is 0 Å². The smallest absolute Gasteiger partial charge is 0.219 e. The molecular weight excluding hydrogens is 412 g/mol. The summed E-state index contributed by atoms with van der Waals surface area (Å²) in [5.74, 6) is 1.35. The molecule has 5 nitrogen and oxygen atoms in total. The van der Waals surface area contributed by atoms with Crippen LogP contribution < -0.4 is 4.90 Å². The molecule has 1 saturated heterocycles. The quantitative estimate of drug-likeness (QED) is 0.616. The van der Waals surface area contributed by atoms with Gasteiger partial charge in [-0.05, 0) is 54.6 Å². The van der Waals surface area contributed by atoms with E-state index in [1.165, 1.54) is 25.4 Å². The molecule has 0 N–H and O–H groups in total. The predicted octanol–water partition coefficient (Wildman–Crippen LogP) is 3.94. The number of aryl methyl sites for hydroxylation is 1. The van der Waals surface area contributed by atoms with Crippen molar-refractivity contribution in [2.45, 2.75) is 33.2 Å². The minimum Gasteiger partial charge on any atom is -0.353 e. The van der Waals surface area contributed by atoms with Crippen molar-refractivity contribution in [2.24, 2.45) is 0 Å². The summed E-state index contributed by atoms with van der Waals surface area (Å²) < 4.78 is 6.01. The van der Waals surface area contributed by atoms with Gasteiger partial charge in [0.1, 0.15) is 5.82 Å². The van der Waals surface area contributed by atoms with Gasteiger partial charge < -0.3 is 9.80 Å². The van der Waals surface area contributed by atoms with E-state index in [1.807, 2.05) is 16.2 Å². The zero-order chi connectivity index (χ0) is 20.7. The number of piperazine rings is 1. The van der Waals surface area contributed by atoms with Gasteiger partial charge in [0.2, 0.25) is 5.91 Å². The van der Waals surface area contributed by atoms with Gasteiger partial charge in [-0.25, -0.2) is 0 Å². The molecule has 2 aliphatic rings. The van der Waals surface area contributed by atoms with Crippen molar-refractivity contribution in [3.05, 3.63) is 45.1 Å². The van der Waals surface area contributed by atoms with Crippen LogP contribution in [-0.2, 0) is 24.2 Å². The minimum absolute atomic E-state index is 0.194. The van der Waals surface area contributed by atoms with Crippen LogP contribution in [0.2, 0.25) is 0 Å². The number of carbonyl (C=O) groups is 1. The number of amides is 1. The normalized spacial score (nSPS) is 17.5.